The molecular weight excluding hydrogens is 450 g/mol. The van der Waals surface area contributed by atoms with E-state index in [0.717, 1.165) is 22.3 Å². The summed E-state index contributed by atoms with van der Waals surface area (Å²) in [5, 5.41) is 8.37. The summed E-state index contributed by atoms with van der Waals surface area (Å²) in [7, 11) is 0. The van der Waals surface area contributed by atoms with Gasteiger partial charge in [-0.15, -0.1) is 0 Å². The normalized spacial score (nSPS) is 11.1. The van der Waals surface area contributed by atoms with Crippen LogP contribution in [0.1, 0.15) is 16.1 Å². The maximum absolute atomic E-state index is 13.3. The molecule has 7 nitrogen and oxygen atoms in total. The van der Waals surface area contributed by atoms with Crippen molar-refractivity contribution in [2.24, 2.45) is 0 Å². The summed E-state index contributed by atoms with van der Waals surface area (Å²) < 4.78 is 3.34. The molecule has 0 aliphatic rings. The first-order valence-electron chi connectivity index (χ1n) is 11.5. The summed E-state index contributed by atoms with van der Waals surface area (Å²) >= 11 is 0. The van der Waals surface area contributed by atoms with Crippen molar-refractivity contribution in [3.05, 3.63) is 131 Å². The van der Waals surface area contributed by atoms with Crippen LogP contribution in [0, 0.1) is 0 Å². The van der Waals surface area contributed by atoms with Crippen molar-refractivity contribution in [3.63, 3.8) is 0 Å². The van der Waals surface area contributed by atoms with Crippen LogP contribution in [0.15, 0.2) is 114 Å². The Morgan fingerprint density at radius 3 is 2.28 bits per heavy atom. The molecule has 6 rings (SSSR count). The summed E-state index contributed by atoms with van der Waals surface area (Å²) in [5.41, 5.74) is 4.37. The van der Waals surface area contributed by atoms with Crippen LogP contribution in [0.2, 0.25) is 0 Å². The van der Waals surface area contributed by atoms with Gasteiger partial charge in [0.05, 0.1) is 23.0 Å². The van der Waals surface area contributed by atoms with Gasteiger partial charge < -0.3 is 5.32 Å². The van der Waals surface area contributed by atoms with Crippen molar-refractivity contribution >= 4 is 33.4 Å². The van der Waals surface area contributed by atoms with Gasteiger partial charge >= 0.3 is 0 Å². The third-order valence-electron chi connectivity index (χ3n) is 6.11. The Morgan fingerprint density at radius 2 is 1.47 bits per heavy atom. The SMILES string of the molecule is O=C(Nc1ccc(-n2cnc3ccccc32)cc1)c1nn(Cc2ccccc2)c(=O)c2ccccc12. The van der Waals surface area contributed by atoms with Crippen LogP contribution in [-0.2, 0) is 6.54 Å². The van der Waals surface area contributed by atoms with Gasteiger partial charge in [-0.05, 0) is 48.0 Å². The molecule has 0 saturated carbocycles. The van der Waals surface area contributed by atoms with Crippen molar-refractivity contribution in [1.82, 2.24) is 19.3 Å². The summed E-state index contributed by atoms with van der Waals surface area (Å²) in [6.45, 7) is 0.276. The van der Waals surface area contributed by atoms with Crippen LogP contribution in [0.25, 0.3) is 27.5 Å². The van der Waals surface area contributed by atoms with Crippen molar-refractivity contribution < 1.29 is 4.79 Å². The number of para-hydroxylation sites is 2. The number of carbonyl (C=O) groups excluding carboxylic acids is 1. The molecule has 174 valence electrons. The van der Waals surface area contributed by atoms with Crippen LogP contribution in [0.5, 0.6) is 0 Å². The van der Waals surface area contributed by atoms with Gasteiger partial charge in [0, 0.05) is 16.8 Å². The second-order valence-electron chi connectivity index (χ2n) is 8.45. The van der Waals surface area contributed by atoms with Gasteiger partial charge in [0.2, 0.25) is 0 Å². The molecule has 0 bridgehead atoms. The molecule has 0 aliphatic heterocycles. The van der Waals surface area contributed by atoms with Gasteiger partial charge in [0.25, 0.3) is 11.5 Å². The first-order valence-corrected chi connectivity index (χ1v) is 11.5. The molecule has 6 aromatic rings. The van der Waals surface area contributed by atoms with Crippen LogP contribution < -0.4 is 10.9 Å². The van der Waals surface area contributed by atoms with E-state index in [1.807, 2.05) is 83.4 Å². The number of amides is 1. The van der Waals surface area contributed by atoms with E-state index in [1.54, 1.807) is 30.6 Å². The number of hydrogen-bond acceptors (Lipinski definition) is 4. The summed E-state index contributed by atoms with van der Waals surface area (Å²) in [6, 6.07) is 32.1. The zero-order valence-corrected chi connectivity index (χ0v) is 19.2. The molecule has 0 spiro atoms. The lowest BCUT2D eigenvalue weighted by Crippen LogP contribution is -2.28. The van der Waals surface area contributed by atoms with Crippen LogP contribution >= 0.6 is 0 Å². The van der Waals surface area contributed by atoms with E-state index in [2.05, 4.69) is 15.4 Å². The Hall–Kier alpha value is -5.04. The minimum absolute atomic E-state index is 0.200. The predicted molar refractivity (Wildman–Crippen MR) is 141 cm³/mol. The molecule has 0 aliphatic carbocycles. The van der Waals surface area contributed by atoms with Crippen LogP contribution in [-0.4, -0.2) is 25.2 Å². The fourth-order valence-electron chi connectivity index (χ4n) is 4.33. The molecule has 0 radical (unpaired) electrons. The number of nitrogens with one attached hydrogen (secondary N) is 1. The minimum atomic E-state index is -0.381. The molecule has 0 fully saturated rings. The molecule has 0 unspecified atom stereocenters. The molecule has 1 N–H and O–H groups in total. The van der Waals surface area contributed by atoms with Gasteiger partial charge in [-0.1, -0.05) is 60.7 Å². The van der Waals surface area contributed by atoms with E-state index in [4.69, 9.17) is 0 Å². The third kappa shape index (κ3) is 3.92. The van der Waals surface area contributed by atoms with E-state index >= 15 is 0 Å². The number of hydrogen-bond donors (Lipinski definition) is 1. The number of rotatable bonds is 5. The number of anilines is 1. The summed E-state index contributed by atoms with van der Waals surface area (Å²) in [6.07, 6.45) is 1.78. The molecule has 2 heterocycles. The van der Waals surface area contributed by atoms with Crippen molar-refractivity contribution in [2.75, 3.05) is 5.32 Å². The molecular formula is C29H21N5O2. The number of carbonyl (C=O) groups is 1. The Bertz CT molecular complexity index is 1770. The van der Waals surface area contributed by atoms with Gasteiger partial charge in [-0.2, -0.15) is 5.10 Å². The zero-order chi connectivity index (χ0) is 24.5. The lowest BCUT2D eigenvalue weighted by molar-refractivity contribution is 0.102. The number of fused-ring (bicyclic) bond motifs is 2. The van der Waals surface area contributed by atoms with E-state index in [9.17, 15) is 9.59 Å². The second kappa shape index (κ2) is 8.96. The molecule has 7 heteroatoms. The first-order chi connectivity index (χ1) is 17.7. The average molecular weight is 472 g/mol. The highest BCUT2D eigenvalue weighted by atomic mass is 16.2. The molecule has 0 atom stereocenters. The predicted octanol–water partition coefficient (Wildman–Crippen LogP) is 5.04. The highest BCUT2D eigenvalue weighted by Gasteiger charge is 2.17. The van der Waals surface area contributed by atoms with Gasteiger partial charge in [0.1, 0.15) is 6.33 Å². The Balaban J connectivity index is 1.32. The summed E-state index contributed by atoms with van der Waals surface area (Å²) in [5.74, 6) is -0.381. The van der Waals surface area contributed by atoms with Crippen molar-refractivity contribution in [3.8, 4) is 5.69 Å². The Morgan fingerprint density at radius 1 is 0.778 bits per heavy atom. The van der Waals surface area contributed by atoms with E-state index < -0.39 is 0 Å². The van der Waals surface area contributed by atoms with Gasteiger partial charge in [-0.3, -0.25) is 14.2 Å². The molecule has 4 aromatic carbocycles. The molecule has 1 amide bonds. The highest BCUT2D eigenvalue weighted by Crippen LogP contribution is 2.21. The topological polar surface area (TPSA) is 81.8 Å². The Kier molecular flexibility index (Phi) is 5.35. The molecule has 0 saturated heterocycles. The van der Waals surface area contributed by atoms with Crippen LogP contribution in [0.3, 0.4) is 0 Å². The standard InChI is InChI=1S/C29H21N5O2/c35-28(31-21-14-16-22(17-15-21)33-19-30-25-12-6-7-13-26(25)33)27-23-10-4-5-11-24(23)29(36)34(32-27)18-20-8-2-1-3-9-20/h1-17,19H,18H2,(H,31,35). The third-order valence-corrected chi connectivity index (χ3v) is 6.11. The lowest BCUT2D eigenvalue weighted by Gasteiger charge is -2.12. The molecule has 36 heavy (non-hydrogen) atoms. The fourth-order valence-corrected chi connectivity index (χ4v) is 4.33. The Labute approximate surface area is 206 Å². The minimum Gasteiger partial charge on any atom is -0.321 e. The van der Waals surface area contributed by atoms with Crippen molar-refractivity contribution in [1.29, 1.82) is 0 Å². The van der Waals surface area contributed by atoms with Gasteiger partial charge in [-0.25, -0.2) is 9.67 Å². The largest absolute Gasteiger partial charge is 0.321 e. The number of benzene rings is 4. The quantitative estimate of drug-likeness (QED) is 0.382. The maximum atomic E-state index is 13.3. The monoisotopic (exact) mass is 471 g/mol. The maximum Gasteiger partial charge on any atom is 0.276 e. The van der Waals surface area contributed by atoms with E-state index in [0.29, 0.717) is 16.5 Å². The van der Waals surface area contributed by atoms with Crippen molar-refractivity contribution in [2.45, 2.75) is 6.54 Å². The smallest absolute Gasteiger partial charge is 0.276 e. The number of aromatic nitrogens is 4. The lowest BCUT2D eigenvalue weighted by atomic mass is 10.1. The average Bonchev–Trinajstić information content (AvgIpc) is 3.35. The van der Waals surface area contributed by atoms with Crippen LogP contribution in [0.4, 0.5) is 5.69 Å². The van der Waals surface area contributed by atoms with Gasteiger partial charge in [0.15, 0.2) is 5.69 Å². The molecule has 2 aromatic heterocycles. The van der Waals surface area contributed by atoms with E-state index in [1.165, 1.54) is 4.68 Å². The summed E-state index contributed by atoms with van der Waals surface area (Å²) in [4.78, 5) is 30.8. The zero-order valence-electron chi connectivity index (χ0n) is 19.2. The van der Waals surface area contributed by atoms with E-state index in [-0.39, 0.29) is 23.7 Å². The second-order valence-corrected chi connectivity index (χ2v) is 8.45. The fraction of sp³-hybridized carbons (Fsp3) is 0.0345. The first kappa shape index (κ1) is 21.5. The number of nitrogens with zero attached hydrogens (tertiary/aromatic N) is 4. The number of imidazole rings is 1. The highest BCUT2D eigenvalue weighted by molar-refractivity contribution is 6.11.